The maximum atomic E-state index is 13.0. The molecule has 3 rings (SSSR count). The Morgan fingerprint density at radius 1 is 0.871 bits per heavy atom. The van der Waals surface area contributed by atoms with E-state index in [1.54, 1.807) is 0 Å². The lowest BCUT2D eigenvalue weighted by Crippen LogP contribution is -2.23. The van der Waals surface area contributed by atoms with E-state index in [9.17, 15) is 17.6 Å². The highest BCUT2D eigenvalue weighted by Crippen LogP contribution is 2.17. The molecule has 0 unspecified atom stereocenters. The van der Waals surface area contributed by atoms with Crippen LogP contribution in [0.1, 0.15) is 21.5 Å². The van der Waals surface area contributed by atoms with Gasteiger partial charge in [-0.05, 0) is 73.8 Å². The molecule has 0 aliphatic rings. The summed E-state index contributed by atoms with van der Waals surface area (Å²) in [5, 5.41) is 2.83. The highest BCUT2D eigenvalue weighted by Gasteiger charge is 2.15. The highest BCUT2D eigenvalue weighted by molar-refractivity contribution is 7.92. The van der Waals surface area contributed by atoms with Gasteiger partial charge in [0.15, 0.2) is 0 Å². The van der Waals surface area contributed by atoms with Crippen molar-refractivity contribution in [2.24, 2.45) is 0 Å². The van der Waals surface area contributed by atoms with Crippen LogP contribution in [0.5, 0.6) is 0 Å². The van der Waals surface area contributed by atoms with Gasteiger partial charge in [-0.3, -0.25) is 9.52 Å². The van der Waals surface area contributed by atoms with Crippen LogP contribution < -0.4 is 10.0 Å². The van der Waals surface area contributed by atoms with Gasteiger partial charge in [0.25, 0.3) is 15.9 Å². The fourth-order valence-electron chi connectivity index (χ4n) is 2.93. The molecule has 0 saturated carbocycles. The molecule has 0 bridgehead atoms. The molecule has 2 N–H and O–H groups in total. The van der Waals surface area contributed by atoms with Crippen LogP contribution in [0.2, 0.25) is 0 Å². The number of halogens is 1. The molecular weight excluding hydrogens is 417 g/mol. The average Bonchev–Trinajstić information content (AvgIpc) is 2.74. The zero-order chi connectivity index (χ0) is 22.4. The Balaban J connectivity index is 1.60. The quantitative estimate of drug-likeness (QED) is 0.560. The molecule has 31 heavy (non-hydrogen) atoms. The first-order valence-corrected chi connectivity index (χ1v) is 11.1. The van der Waals surface area contributed by atoms with Crippen molar-refractivity contribution in [3.8, 4) is 0 Å². The van der Waals surface area contributed by atoms with E-state index in [4.69, 9.17) is 0 Å². The van der Waals surface area contributed by atoms with Crippen molar-refractivity contribution in [1.82, 2.24) is 10.2 Å². The van der Waals surface area contributed by atoms with Gasteiger partial charge >= 0.3 is 0 Å². The van der Waals surface area contributed by atoms with Gasteiger partial charge in [0.1, 0.15) is 5.82 Å². The van der Waals surface area contributed by atoms with Gasteiger partial charge in [-0.2, -0.15) is 0 Å². The number of hydrogen-bond acceptors (Lipinski definition) is 4. The van der Waals surface area contributed by atoms with E-state index in [2.05, 4.69) is 14.9 Å². The molecule has 0 heterocycles. The molecule has 8 heteroatoms. The summed E-state index contributed by atoms with van der Waals surface area (Å²) in [6, 6.07) is 18.6. The largest absolute Gasteiger partial charge is 0.348 e. The number of hydrogen-bond donors (Lipinski definition) is 2. The van der Waals surface area contributed by atoms with Gasteiger partial charge in [0.2, 0.25) is 0 Å². The molecule has 0 radical (unpaired) electrons. The fraction of sp³-hybridized carbons (Fsp3) is 0.174. The molecule has 0 aromatic heterocycles. The van der Waals surface area contributed by atoms with Crippen LogP contribution in [0.4, 0.5) is 10.1 Å². The van der Waals surface area contributed by atoms with Crippen molar-refractivity contribution in [3.05, 3.63) is 95.3 Å². The third kappa shape index (κ3) is 6.37. The second kappa shape index (κ2) is 9.72. The zero-order valence-corrected chi connectivity index (χ0v) is 18.1. The van der Waals surface area contributed by atoms with E-state index >= 15 is 0 Å². The van der Waals surface area contributed by atoms with Gasteiger partial charge in [0.05, 0.1) is 4.90 Å². The van der Waals surface area contributed by atoms with E-state index in [0.29, 0.717) is 12.1 Å². The topological polar surface area (TPSA) is 78.5 Å². The first-order valence-electron chi connectivity index (χ1n) is 9.62. The summed E-state index contributed by atoms with van der Waals surface area (Å²) in [6.07, 6.45) is 0. The van der Waals surface area contributed by atoms with Crippen LogP contribution in [0.15, 0.2) is 77.7 Å². The van der Waals surface area contributed by atoms with Crippen molar-refractivity contribution in [2.75, 3.05) is 18.8 Å². The second-order valence-electron chi connectivity index (χ2n) is 7.37. The zero-order valence-electron chi connectivity index (χ0n) is 17.3. The van der Waals surface area contributed by atoms with Crippen LogP contribution in [0, 0.1) is 5.82 Å². The second-order valence-corrected chi connectivity index (χ2v) is 9.06. The van der Waals surface area contributed by atoms with Gasteiger partial charge in [-0.25, -0.2) is 12.8 Å². The minimum atomic E-state index is -3.84. The summed E-state index contributed by atoms with van der Waals surface area (Å²) in [5.41, 5.74) is 2.76. The van der Waals surface area contributed by atoms with E-state index in [-0.39, 0.29) is 16.5 Å². The molecule has 0 saturated heterocycles. The molecule has 6 nitrogen and oxygen atoms in total. The molecule has 0 atom stereocenters. The minimum Gasteiger partial charge on any atom is -0.348 e. The smallest absolute Gasteiger partial charge is 0.261 e. The Morgan fingerprint density at radius 3 is 2.03 bits per heavy atom. The summed E-state index contributed by atoms with van der Waals surface area (Å²) < 4.78 is 40.3. The van der Waals surface area contributed by atoms with Crippen LogP contribution in [-0.2, 0) is 23.1 Å². The highest BCUT2D eigenvalue weighted by atomic mass is 32.2. The first kappa shape index (κ1) is 22.5. The number of nitrogens with one attached hydrogen (secondary N) is 2. The molecule has 3 aromatic rings. The predicted molar refractivity (Wildman–Crippen MR) is 119 cm³/mol. The standard InChI is InChI=1S/C23H24FN3O3S/c1-27(2)16-18-5-3-17(4-6-18)15-25-23(28)19-7-13-22(14-8-19)31(29,30)26-21-11-9-20(24)10-12-21/h3-14,26H,15-16H2,1-2H3,(H,25,28). The summed E-state index contributed by atoms with van der Waals surface area (Å²) in [4.78, 5) is 14.5. The lowest BCUT2D eigenvalue weighted by Gasteiger charge is -2.11. The van der Waals surface area contributed by atoms with Crippen molar-refractivity contribution >= 4 is 21.6 Å². The number of carbonyl (C=O) groups is 1. The van der Waals surface area contributed by atoms with Crippen LogP contribution in [0.3, 0.4) is 0 Å². The van der Waals surface area contributed by atoms with E-state index in [1.807, 2.05) is 38.4 Å². The summed E-state index contributed by atoms with van der Waals surface area (Å²) in [7, 11) is 0.163. The molecular formula is C23H24FN3O3S. The van der Waals surface area contributed by atoms with E-state index < -0.39 is 15.8 Å². The lowest BCUT2D eigenvalue weighted by molar-refractivity contribution is 0.0951. The lowest BCUT2D eigenvalue weighted by atomic mass is 10.1. The van der Waals surface area contributed by atoms with E-state index in [1.165, 1.54) is 54.1 Å². The van der Waals surface area contributed by atoms with Gasteiger partial charge in [-0.1, -0.05) is 24.3 Å². The molecule has 0 aliphatic heterocycles. The Labute approximate surface area is 181 Å². The molecule has 0 aliphatic carbocycles. The van der Waals surface area contributed by atoms with E-state index in [0.717, 1.165) is 12.1 Å². The van der Waals surface area contributed by atoms with Crippen LogP contribution in [-0.4, -0.2) is 33.3 Å². The minimum absolute atomic E-state index is 0.00450. The molecule has 3 aromatic carbocycles. The van der Waals surface area contributed by atoms with Gasteiger partial charge in [-0.15, -0.1) is 0 Å². The fourth-order valence-corrected chi connectivity index (χ4v) is 3.99. The number of amides is 1. The third-order valence-corrected chi connectivity index (χ3v) is 5.90. The maximum absolute atomic E-state index is 13.0. The summed E-state index contributed by atoms with van der Waals surface area (Å²) in [5.74, 6) is -0.754. The predicted octanol–water partition coefficient (Wildman–Crippen LogP) is 3.62. The normalized spacial score (nSPS) is 11.4. The van der Waals surface area contributed by atoms with Crippen molar-refractivity contribution < 1.29 is 17.6 Å². The Kier molecular flexibility index (Phi) is 7.04. The molecule has 0 fully saturated rings. The van der Waals surface area contributed by atoms with Crippen molar-refractivity contribution in [3.63, 3.8) is 0 Å². The number of nitrogens with zero attached hydrogens (tertiary/aromatic N) is 1. The molecule has 162 valence electrons. The number of rotatable bonds is 8. The van der Waals surface area contributed by atoms with Crippen LogP contribution in [0.25, 0.3) is 0 Å². The van der Waals surface area contributed by atoms with Gasteiger partial charge < -0.3 is 10.2 Å². The summed E-state index contributed by atoms with van der Waals surface area (Å²) >= 11 is 0. The molecule has 0 spiro atoms. The van der Waals surface area contributed by atoms with Crippen LogP contribution >= 0.6 is 0 Å². The van der Waals surface area contributed by atoms with Crippen molar-refractivity contribution in [2.45, 2.75) is 18.0 Å². The number of carbonyl (C=O) groups excluding carboxylic acids is 1. The monoisotopic (exact) mass is 441 g/mol. The SMILES string of the molecule is CN(C)Cc1ccc(CNC(=O)c2ccc(S(=O)(=O)Nc3ccc(F)cc3)cc2)cc1. The molecule has 1 amide bonds. The third-order valence-electron chi connectivity index (χ3n) is 4.50. The number of sulfonamides is 1. The number of anilines is 1. The number of benzene rings is 3. The Bertz CT molecular complexity index is 1130. The Hall–Kier alpha value is -3.23. The van der Waals surface area contributed by atoms with Gasteiger partial charge in [0, 0.05) is 24.3 Å². The van der Waals surface area contributed by atoms with Crippen molar-refractivity contribution in [1.29, 1.82) is 0 Å². The Morgan fingerprint density at radius 2 is 1.45 bits per heavy atom. The average molecular weight is 442 g/mol. The first-order chi connectivity index (χ1) is 14.7. The summed E-state index contributed by atoms with van der Waals surface area (Å²) in [6.45, 7) is 1.21. The maximum Gasteiger partial charge on any atom is 0.261 e.